The van der Waals surface area contributed by atoms with Crippen LogP contribution in [0.3, 0.4) is 0 Å². The Labute approximate surface area is 98.3 Å². The first-order valence-electron chi connectivity index (χ1n) is 4.99. The van der Waals surface area contributed by atoms with Gasteiger partial charge < -0.3 is 9.47 Å². The summed E-state index contributed by atoms with van der Waals surface area (Å²) in [4.78, 5) is 11.0. The second-order valence-corrected chi connectivity index (χ2v) is 4.19. The van der Waals surface area contributed by atoms with Crippen LogP contribution in [-0.4, -0.2) is 25.8 Å². The van der Waals surface area contributed by atoms with Crippen molar-refractivity contribution in [1.82, 2.24) is 0 Å². The van der Waals surface area contributed by atoms with E-state index in [2.05, 4.69) is 28.1 Å². The quantitative estimate of drug-likeness (QED) is 0.723. The molecule has 1 unspecified atom stereocenters. The van der Waals surface area contributed by atoms with E-state index in [0.29, 0.717) is 19.1 Å². The topological polar surface area (TPSA) is 35.5 Å². The van der Waals surface area contributed by atoms with Crippen molar-refractivity contribution in [1.29, 1.82) is 0 Å². The first kappa shape index (κ1) is 12.5. The maximum absolute atomic E-state index is 11.0. The van der Waals surface area contributed by atoms with Crippen LogP contribution in [0.1, 0.15) is 13.3 Å². The second kappa shape index (κ2) is 6.80. The number of carbonyl (C=O) groups is 1. The molecule has 1 atom stereocenters. The Morgan fingerprint density at radius 2 is 2.47 bits per heavy atom. The summed E-state index contributed by atoms with van der Waals surface area (Å²) in [5, 5.41) is 0. The normalized spacial score (nSPS) is 19.9. The Hall–Kier alpha value is -0.610. The van der Waals surface area contributed by atoms with Crippen molar-refractivity contribution in [3.63, 3.8) is 0 Å². The van der Waals surface area contributed by atoms with Crippen molar-refractivity contribution in [3.8, 4) is 0 Å². The molecule has 0 aromatic heterocycles. The zero-order valence-electron chi connectivity index (χ0n) is 8.74. The third-order valence-electron chi connectivity index (χ3n) is 1.97. The van der Waals surface area contributed by atoms with E-state index in [0.717, 1.165) is 10.9 Å². The Morgan fingerprint density at radius 3 is 3.13 bits per heavy atom. The van der Waals surface area contributed by atoms with E-state index in [1.54, 1.807) is 6.92 Å². The maximum Gasteiger partial charge on any atom is 0.332 e. The molecule has 3 nitrogen and oxygen atoms in total. The van der Waals surface area contributed by atoms with Gasteiger partial charge in [0, 0.05) is 10.4 Å². The van der Waals surface area contributed by atoms with Crippen LogP contribution in [0.5, 0.6) is 0 Å². The molecule has 0 aromatic carbocycles. The molecule has 0 heterocycles. The molecular weight excluding hydrogens is 260 g/mol. The molecule has 0 aromatic rings. The van der Waals surface area contributed by atoms with Crippen LogP contribution in [0.15, 0.2) is 22.7 Å². The summed E-state index contributed by atoms with van der Waals surface area (Å²) >= 11 is 3.40. The summed E-state index contributed by atoms with van der Waals surface area (Å²) < 4.78 is 11.1. The van der Waals surface area contributed by atoms with Gasteiger partial charge in [-0.2, -0.15) is 0 Å². The lowest BCUT2D eigenvalue weighted by molar-refractivity contribution is -0.148. The fourth-order valence-electron chi connectivity index (χ4n) is 1.32. The van der Waals surface area contributed by atoms with Gasteiger partial charge in [-0.05, 0) is 13.3 Å². The van der Waals surface area contributed by atoms with Crippen molar-refractivity contribution in [2.45, 2.75) is 13.3 Å². The smallest absolute Gasteiger partial charge is 0.332 e. The van der Waals surface area contributed by atoms with E-state index in [-0.39, 0.29) is 12.6 Å². The SMILES string of the molecule is CCOC(=O)COCC1C=C(Br)C=CC1. The van der Waals surface area contributed by atoms with Crippen molar-refractivity contribution in [3.05, 3.63) is 22.7 Å². The molecule has 0 aliphatic heterocycles. The largest absolute Gasteiger partial charge is 0.464 e. The molecular formula is C11H15BrO3. The first-order valence-corrected chi connectivity index (χ1v) is 5.79. The minimum Gasteiger partial charge on any atom is -0.464 e. The van der Waals surface area contributed by atoms with E-state index < -0.39 is 0 Å². The van der Waals surface area contributed by atoms with Crippen LogP contribution in [-0.2, 0) is 14.3 Å². The molecule has 0 amide bonds. The maximum atomic E-state index is 11.0. The molecule has 0 radical (unpaired) electrons. The summed E-state index contributed by atoms with van der Waals surface area (Å²) in [6, 6.07) is 0. The molecule has 0 N–H and O–H groups in total. The highest BCUT2D eigenvalue weighted by atomic mass is 79.9. The average Bonchev–Trinajstić information content (AvgIpc) is 2.18. The number of halogens is 1. The molecule has 84 valence electrons. The number of hydrogen-bond donors (Lipinski definition) is 0. The Kier molecular flexibility index (Phi) is 5.65. The highest BCUT2D eigenvalue weighted by Crippen LogP contribution is 2.20. The van der Waals surface area contributed by atoms with Crippen molar-refractivity contribution in [2.75, 3.05) is 19.8 Å². The number of ether oxygens (including phenoxy) is 2. The highest BCUT2D eigenvalue weighted by molar-refractivity contribution is 9.11. The van der Waals surface area contributed by atoms with Crippen LogP contribution in [0.25, 0.3) is 0 Å². The number of hydrogen-bond acceptors (Lipinski definition) is 3. The van der Waals surface area contributed by atoms with Crippen molar-refractivity contribution < 1.29 is 14.3 Å². The van der Waals surface area contributed by atoms with E-state index >= 15 is 0 Å². The van der Waals surface area contributed by atoms with Gasteiger partial charge in [0.1, 0.15) is 6.61 Å². The molecule has 4 heteroatoms. The minimum absolute atomic E-state index is 0.0412. The lowest BCUT2D eigenvalue weighted by Crippen LogP contribution is -2.16. The van der Waals surface area contributed by atoms with E-state index in [1.807, 2.05) is 6.08 Å². The molecule has 0 fully saturated rings. The van der Waals surface area contributed by atoms with Gasteiger partial charge in [-0.3, -0.25) is 0 Å². The van der Waals surface area contributed by atoms with Crippen LogP contribution >= 0.6 is 15.9 Å². The predicted molar refractivity (Wildman–Crippen MR) is 61.7 cm³/mol. The zero-order chi connectivity index (χ0) is 11.1. The number of esters is 1. The summed E-state index contributed by atoms with van der Waals surface area (Å²) in [5.41, 5.74) is 0. The lowest BCUT2D eigenvalue weighted by atomic mass is 10.0. The monoisotopic (exact) mass is 274 g/mol. The lowest BCUT2D eigenvalue weighted by Gasteiger charge is -2.14. The third kappa shape index (κ3) is 5.14. The summed E-state index contributed by atoms with van der Waals surface area (Å²) in [6.45, 7) is 2.78. The van der Waals surface area contributed by atoms with Gasteiger partial charge in [-0.25, -0.2) is 4.79 Å². The highest BCUT2D eigenvalue weighted by Gasteiger charge is 2.09. The van der Waals surface area contributed by atoms with Crippen LogP contribution < -0.4 is 0 Å². The third-order valence-corrected chi connectivity index (χ3v) is 2.50. The van der Waals surface area contributed by atoms with E-state index in [9.17, 15) is 4.79 Å². The molecule has 0 bridgehead atoms. The second-order valence-electron chi connectivity index (χ2n) is 3.27. The predicted octanol–water partition coefficient (Wildman–Crippen LogP) is 2.42. The van der Waals surface area contributed by atoms with Crippen molar-refractivity contribution in [2.24, 2.45) is 5.92 Å². The van der Waals surface area contributed by atoms with Gasteiger partial charge in [0.25, 0.3) is 0 Å². The van der Waals surface area contributed by atoms with Gasteiger partial charge in [-0.15, -0.1) is 0 Å². The van der Waals surface area contributed by atoms with E-state index in [4.69, 9.17) is 9.47 Å². The van der Waals surface area contributed by atoms with Gasteiger partial charge in [0.05, 0.1) is 13.2 Å². The molecule has 0 saturated heterocycles. The number of rotatable bonds is 5. The fraction of sp³-hybridized carbons (Fsp3) is 0.545. The van der Waals surface area contributed by atoms with Crippen LogP contribution in [0.4, 0.5) is 0 Å². The fourth-order valence-corrected chi connectivity index (χ4v) is 1.88. The summed E-state index contributed by atoms with van der Waals surface area (Å²) in [7, 11) is 0. The zero-order valence-corrected chi connectivity index (χ0v) is 10.3. The van der Waals surface area contributed by atoms with E-state index in [1.165, 1.54) is 0 Å². The molecule has 0 spiro atoms. The van der Waals surface area contributed by atoms with Crippen molar-refractivity contribution >= 4 is 21.9 Å². The number of allylic oxidation sites excluding steroid dienone is 3. The average molecular weight is 275 g/mol. The Morgan fingerprint density at radius 1 is 1.67 bits per heavy atom. The number of carbonyl (C=O) groups excluding carboxylic acids is 1. The minimum atomic E-state index is -0.299. The Bertz CT molecular complexity index is 271. The van der Waals surface area contributed by atoms with Gasteiger partial charge in [0.15, 0.2) is 0 Å². The summed E-state index contributed by atoms with van der Waals surface area (Å²) in [5.74, 6) is 0.0469. The van der Waals surface area contributed by atoms with Crippen LogP contribution in [0, 0.1) is 5.92 Å². The Balaban J connectivity index is 2.15. The molecule has 1 rings (SSSR count). The summed E-state index contributed by atoms with van der Waals surface area (Å²) in [6.07, 6.45) is 7.15. The molecule has 1 aliphatic rings. The van der Waals surface area contributed by atoms with Crippen LogP contribution in [0.2, 0.25) is 0 Å². The first-order chi connectivity index (χ1) is 7.22. The van der Waals surface area contributed by atoms with Gasteiger partial charge in [-0.1, -0.05) is 34.2 Å². The van der Waals surface area contributed by atoms with Gasteiger partial charge >= 0.3 is 5.97 Å². The molecule has 1 aliphatic carbocycles. The molecule has 15 heavy (non-hydrogen) atoms. The standard InChI is InChI=1S/C11H15BrO3/c1-2-15-11(13)8-14-7-9-4-3-5-10(12)6-9/h3,5-6,9H,2,4,7-8H2,1H3. The van der Waals surface area contributed by atoms with Gasteiger partial charge in [0.2, 0.25) is 0 Å². The molecule has 0 saturated carbocycles.